The van der Waals surface area contributed by atoms with Crippen molar-refractivity contribution in [2.75, 3.05) is 0 Å². The molecule has 19 heavy (non-hydrogen) atoms. The van der Waals surface area contributed by atoms with Crippen molar-refractivity contribution in [1.29, 1.82) is 0 Å². The molecule has 0 saturated heterocycles. The van der Waals surface area contributed by atoms with Crippen LogP contribution in [-0.2, 0) is 25.8 Å². The first-order valence-electron chi connectivity index (χ1n) is 6.15. The number of hydrogen-bond acceptors (Lipinski definition) is 0. The molecule has 104 valence electrons. The summed E-state index contributed by atoms with van der Waals surface area (Å²) in [6.07, 6.45) is 17.2. The second-order valence-corrected chi connectivity index (χ2v) is 4.79. The Morgan fingerprint density at radius 1 is 0.789 bits per heavy atom. The second kappa shape index (κ2) is 13.4. The van der Waals surface area contributed by atoms with Gasteiger partial charge in [0.15, 0.2) is 0 Å². The quantitative estimate of drug-likeness (QED) is 0.352. The molecule has 2 aliphatic carbocycles. The van der Waals surface area contributed by atoms with Crippen LogP contribution in [0.15, 0.2) is 35.5 Å². The molecule has 2 aliphatic rings. The van der Waals surface area contributed by atoms with Gasteiger partial charge in [0.25, 0.3) is 0 Å². The van der Waals surface area contributed by atoms with Crippen LogP contribution in [0, 0.1) is 24.0 Å². The van der Waals surface area contributed by atoms with E-state index in [1.54, 1.807) is 0 Å². The molecule has 0 radical (unpaired) electrons. The summed E-state index contributed by atoms with van der Waals surface area (Å²) in [4.78, 5) is 0. The van der Waals surface area contributed by atoms with Crippen LogP contribution in [0.25, 0.3) is 0 Å². The fourth-order valence-corrected chi connectivity index (χ4v) is 1.64. The van der Waals surface area contributed by atoms with Crippen LogP contribution < -0.4 is 24.8 Å². The predicted octanol–water partition coefficient (Wildman–Crippen LogP) is -1.33. The van der Waals surface area contributed by atoms with E-state index in [0.717, 1.165) is 12.8 Å². The number of hydrogen-bond donors (Lipinski definition) is 0. The van der Waals surface area contributed by atoms with Crippen molar-refractivity contribution in [1.82, 2.24) is 0 Å². The van der Waals surface area contributed by atoms with E-state index in [9.17, 15) is 0 Å². The number of halogens is 2. The van der Waals surface area contributed by atoms with Gasteiger partial charge in [-0.3, -0.25) is 12.2 Å². The third-order valence-electron chi connectivity index (χ3n) is 2.69. The molecule has 0 aromatic heterocycles. The summed E-state index contributed by atoms with van der Waals surface area (Å²) < 4.78 is 0. The number of allylic oxidation sites excluding steroid dienone is 8. The van der Waals surface area contributed by atoms with Crippen molar-refractivity contribution in [3.63, 3.8) is 0 Å². The van der Waals surface area contributed by atoms with Gasteiger partial charge in [-0.15, -0.1) is 12.8 Å². The molecule has 0 saturated carbocycles. The number of rotatable bonds is 2. The van der Waals surface area contributed by atoms with Crippen molar-refractivity contribution >= 4 is 0 Å². The van der Waals surface area contributed by atoms with E-state index in [1.165, 1.54) is 11.1 Å². The SMILES string of the molecule is CC(C)C1=[C-]CC=C1.CC(C)C1=[C-]CC=C1.[Cl-].[Cl-].[Hf+4]. The maximum Gasteiger partial charge on any atom is 4.00 e. The fourth-order valence-electron chi connectivity index (χ4n) is 1.64. The average Bonchev–Trinajstić information content (AvgIpc) is 2.93. The summed E-state index contributed by atoms with van der Waals surface area (Å²) >= 11 is 0. The van der Waals surface area contributed by atoms with Gasteiger partial charge in [0.05, 0.1) is 0 Å². The topological polar surface area (TPSA) is 0 Å². The van der Waals surface area contributed by atoms with Crippen LogP contribution in [-0.4, -0.2) is 0 Å². The van der Waals surface area contributed by atoms with Gasteiger partial charge in [-0.1, -0.05) is 39.5 Å². The monoisotopic (exact) mass is 464 g/mol. The summed E-state index contributed by atoms with van der Waals surface area (Å²) in [5.41, 5.74) is 2.73. The summed E-state index contributed by atoms with van der Waals surface area (Å²) in [6, 6.07) is 0. The van der Waals surface area contributed by atoms with Gasteiger partial charge < -0.3 is 24.8 Å². The van der Waals surface area contributed by atoms with Crippen LogP contribution >= 0.6 is 0 Å². The molecular weight excluding hydrogens is 442 g/mol. The smallest absolute Gasteiger partial charge is 1.00 e. The minimum absolute atomic E-state index is 0. The first kappa shape index (κ1) is 24.4. The Labute approximate surface area is 150 Å². The van der Waals surface area contributed by atoms with Crippen LogP contribution in [0.1, 0.15) is 40.5 Å². The molecule has 0 unspecified atom stereocenters. The van der Waals surface area contributed by atoms with E-state index in [4.69, 9.17) is 0 Å². The zero-order valence-electron chi connectivity index (χ0n) is 12.1. The molecule has 0 aliphatic heterocycles. The minimum Gasteiger partial charge on any atom is -1.00 e. The standard InChI is InChI=1S/2C8H11.2ClH.Hf/c2*1-7(2)8-5-3-4-6-8;;;/h2*3,5,7H,4H2,1-2H3;2*1H;/q2*-1;;;+4/p-2. The third-order valence-corrected chi connectivity index (χ3v) is 2.69. The molecule has 0 N–H and O–H groups in total. The van der Waals surface area contributed by atoms with Crippen LogP contribution in [0.2, 0.25) is 0 Å². The molecule has 0 amide bonds. The van der Waals surface area contributed by atoms with Crippen molar-refractivity contribution < 1.29 is 50.7 Å². The van der Waals surface area contributed by atoms with Gasteiger partial charge in [-0.2, -0.15) is 12.2 Å². The van der Waals surface area contributed by atoms with Crippen molar-refractivity contribution in [2.45, 2.75) is 40.5 Å². The molecule has 0 heterocycles. The molecule has 0 nitrogen and oxygen atoms in total. The van der Waals surface area contributed by atoms with Gasteiger partial charge >= 0.3 is 25.8 Å². The maximum atomic E-state index is 3.26. The first-order chi connectivity index (χ1) is 7.61. The van der Waals surface area contributed by atoms with E-state index >= 15 is 0 Å². The Morgan fingerprint density at radius 3 is 1.21 bits per heavy atom. The molecule has 0 atom stereocenters. The van der Waals surface area contributed by atoms with E-state index in [1.807, 2.05) is 0 Å². The Hall–Kier alpha value is 0.410. The summed E-state index contributed by atoms with van der Waals surface area (Å²) in [5.74, 6) is 1.32. The third kappa shape index (κ3) is 9.87. The maximum absolute atomic E-state index is 3.26. The Balaban J connectivity index is -0.000000233. The first-order valence-corrected chi connectivity index (χ1v) is 6.15. The molecule has 2 rings (SSSR count). The summed E-state index contributed by atoms with van der Waals surface area (Å²) in [5, 5.41) is 0. The zero-order valence-corrected chi connectivity index (χ0v) is 17.2. The molecule has 0 spiro atoms. The van der Waals surface area contributed by atoms with E-state index < -0.39 is 0 Å². The summed E-state index contributed by atoms with van der Waals surface area (Å²) in [6.45, 7) is 8.77. The predicted molar refractivity (Wildman–Crippen MR) is 70.7 cm³/mol. The van der Waals surface area contributed by atoms with E-state index in [2.05, 4.69) is 64.2 Å². The van der Waals surface area contributed by atoms with Crippen molar-refractivity contribution in [2.24, 2.45) is 11.8 Å². The Morgan fingerprint density at radius 2 is 1.11 bits per heavy atom. The molecule has 0 bridgehead atoms. The van der Waals surface area contributed by atoms with Gasteiger partial charge in [0.1, 0.15) is 0 Å². The second-order valence-electron chi connectivity index (χ2n) is 4.79. The summed E-state index contributed by atoms with van der Waals surface area (Å²) in [7, 11) is 0. The normalized spacial score (nSPS) is 14.8. The van der Waals surface area contributed by atoms with Crippen LogP contribution in [0.3, 0.4) is 0 Å². The average molecular weight is 464 g/mol. The molecule has 3 heteroatoms. The van der Waals surface area contributed by atoms with Crippen LogP contribution in [0.5, 0.6) is 0 Å². The molecule has 0 aromatic carbocycles. The van der Waals surface area contributed by atoms with Crippen LogP contribution in [0.4, 0.5) is 0 Å². The molecular formula is C16H22Cl2Hf. The van der Waals surface area contributed by atoms with E-state index in [-0.39, 0.29) is 50.7 Å². The van der Waals surface area contributed by atoms with E-state index in [0.29, 0.717) is 11.8 Å². The fraction of sp³-hybridized carbons (Fsp3) is 0.500. The Kier molecular flexibility index (Phi) is 17.2. The van der Waals surface area contributed by atoms with Gasteiger partial charge in [0.2, 0.25) is 0 Å². The largest absolute Gasteiger partial charge is 4.00 e. The van der Waals surface area contributed by atoms with Crippen molar-refractivity contribution in [3.8, 4) is 0 Å². The van der Waals surface area contributed by atoms with Gasteiger partial charge in [-0.05, 0) is 0 Å². The molecule has 0 aromatic rings. The minimum atomic E-state index is 0. The Bertz CT molecular complexity index is 303. The molecule has 0 fully saturated rings. The van der Waals surface area contributed by atoms with Gasteiger partial charge in [-0.25, -0.2) is 23.3 Å². The zero-order chi connectivity index (χ0) is 12.0. The van der Waals surface area contributed by atoms with Gasteiger partial charge in [0, 0.05) is 0 Å². The van der Waals surface area contributed by atoms with Crippen molar-refractivity contribution in [3.05, 3.63) is 47.6 Å².